The maximum Gasteiger partial charge on any atom is 0.423 e. The molecular formula is C23H25NO4. The molecule has 0 radical (unpaired) electrons. The number of ether oxygens (including phenoxy) is 1. The first-order chi connectivity index (χ1) is 13.6. The Morgan fingerprint density at radius 3 is 1.68 bits per heavy atom. The molecule has 2 aromatic carbocycles. The molecule has 0 unspecified atom stereocenters. The average molecular weight is 379 g/mol. The summed E-state index contributed by atoms with van der Waals surface area (Å²) in [7, 11) is 0. The molecule has 3 amide bonds. The molecule has 1 aliphatic rings. The third-order valence-electron chi connectivity index (χ3n) is 4.90. The molecule has 28 heavy (non-hydrogen) atoms. The van der Waals surface area contributed by atoms with E-state index >= 15 is 0 Å². The van der Waals surface area contributed by atoms with Crippen molar-refractivity contribution in [3.63, 3.8) is 0 Å². The van der Waals surface area contributed by atoms with Crippen LogP contribution in [-0.2, 0) is 27.2 Å². The molecule has 146 valence electrons. The predicted molar refractivity (Wildman–Crippen MR) is 105 cm³/mol. The molecule has 0 spiro atoms. The van der Waals surface area contributed by atoms with Crippen molar-refractivity contribution < 1.29 is 19.1 Å². The van der Waals surface area contributed by atoms with E-state index in [2.05, 4.69) is 0 Å². The quantitative estimate of drug-likeness (QED) is 0.777. The van der Waals surface area contributed by atoms with Gasteiger partial charge in [-0.3, -0.25) is 9.59 Å². The number of carbonyl (C=O) groups is 3. The zero-order chi connectivity index (χ0) is 19.8. The van der Waals surface area contributed by atoms with Crippen LogP contribution in [-0.4, -0.2) is 28.9 Å². The van der Waals surface area contributed by atoms with Crippen LogP contribution in [0.3, 0.4) is 0 Å². The van der Waals surface area contributed by atoms with Crippen LogP contribution in [0, 0.1) is 0 Å². The Morgan fingerprint density at radius 2 is 1.21 bits per heavy atom. The van der Waals surface area contributed by atoms with E-state index in [9.17, 15) is 14.4 Å². The third kappa shape index (κ3) is 5.52. The fraction of sp³-hybridized carbons (Fsp3) is 0.348. The maximum atomic E-state index is 12.8. The zero-order valence-electron chi connectivity index (χ0n) is 15.9. The highest BCUT2D eigenvalue weighted by molar-refractivity contribution is 6.09. The minimum Gasteiger partial charge on any atom is -0.445 e. The van der Waals surface area contributed by atoms with Crippen LogP contribution in [0.2, 0.25) is 0 Å². The number of hydrogen-bond acceptors (Lipinski definition) is 4. The Labute approximate surface area is 165 Å². The van der Waals surface area contributed by atoms with Gasteiger partial charge in [0.1, 0.15) is 6.10 Å². The summed E-state index contributed by atoms with van der Waals surface area (Å²) in [6.07, 6.45) is 3.53. The van der Waals surface area contributed by atoms with E-state index in [1.54, 1.807) is 24.3 Å². The van der Waals surface area contributed by atoms with Crippen LogP contribution in [0.15, 0.2) is 60.7 Å². The molecule has 2 aromatic rings. The summed E-state index contributed by atoms with van der Waals surface area (Å²) in [4.78, 5) is 39.1. The van der Waals surface area contributed by atoms with Crippen molar-refractivity contribution in [2.75, 3.05) is 0 Å². The van der Waals surface area contributed by atoms with Crippen molar-refractivity contribution in [2.45, 2.75) is 51.0 Å². The summed E-state index contributed by atoms with van der Waals surface area (Å²) in [5.41, 5.74) is 1.49. The molecule has 3 rings (SSSR count). The van der Waals surface area contributed by atoms with E-state index in [0.29, 0.717) is 4.90 Å². The highest BCUT2D eigenvalue weighted by atomic mass is 16.6. The van der Waals surface area contributed by atoms with Crippen molar-refractivity contribution in [1.29, 1.82) is 0 Å². The number of hydrogen-bond donors (Lipinski definition) is 0. The van der Waals surface area contributed by atoms with Crippen LogP contribution in [0.4, 0.5) is 4.79 Å². The summed E-state index contributed by atoms with van der Waals surface area (Å²) < 4.78 is 5.52. The molecule has 1 aliphatic carbocycles. The Bertz CT molecular complexity index is 744. The number of amides is 3. The van der Waals surface area contributed by atoms with Gasteiger partial charge in [-0.05, 0) is 36.8 Å². The van der Waals surface area contributed by atoms with Gasteiger partial charge in [0.05, 0.1) is 12.8 Å². The molecule has 0 bridgehead atoms. The van der Waals surface area contributed by atoms with Crippen molar-refractivity contribution in [3.05, 3.63) is 71.8 Å². The van der Waals surface area contributed by atoms with E-state index in [1.165, 1.54) is 0 Å². The Kier molecular flexibility index (Phi) is 6.95. The van der Waals surface area contributed by atoms with Gasteiger partial charge in [0.2, 0.25) is 11.8 Å². The summed E-state index contributed by atoms with van der Waals surface area (Å²) in [5, 5.41) is 0. The molecule has 0 aliphatic heterocycles. The van der Waals surface area contributed by atoms with Gasteiger partial charge in [0, 0.05) is 0 Å². The molecule has 5 nitrogen and oxygen atoms in total. The SMILES string of the molecule is O=C(Cc1ccccc1)N(C(=O)Cc1ccccc1)C(=O)OC1CCCCC1. The number of rotatable bonds is 5. The number of benzene rings is 2. The van der Waals surface area contributed by atoms with E-state index in [1.807, 2.05) is 36.4 Å². The van der Waals surface area contributed by atoms with Gasteiger partial charge >= 0.3 is 6.09 Å². The first-order valence-corrected chi connectivity index (χ1v) is 9.78. The topological polar surface area (TPSA) is 63.7 Å². The molecular weight excluding hydrogens is 354 g/mol. The molecule has 1 saturated carbocycles. The average Bonchev–Trinajstić information content (AvgIpc) is 2.70. The Morgan fingerprint density at radius 1 is 0.750 bits per heavy atom. The van der Waals surface area contributed by atoms with Gasteiger partial charge in [0.15, 0.2) is 0 Å². The predicted octanol–water partition coefficient (Wildman–Crippen LogP) is 4.30. The lowest BCUT2D eigenvalue weighted by atomic mass is 9.98. The maximum absolute atomic E-state index is 12.8. The minimum atomic E-state index is -0.853. The summed E-state index contributed by atoms with van der Waals surface area (Å²) in [6.45, 7) is 0. The smallest absolute Gasteiger partial charge is 0.423 e. The first kappa shape index (κ1) is 19.8. The monoisotopic (exact) mass is 379 g/mol. The van der Waals surface area contributed by atoms with Gasteiger partial charge in [-0.25, -0.2) is 4.79 Å². The highest BCUT2D eigenvalue weighted by Gasteiger charge is 2.32. The lowest BCUT2D eigenvalue weighted by molar-refractivity contribution is -0.142. The number of carbonyl (C=O) groups excluding carboxylic acids is 3. The van der Waals surface area contributed by atoms with Crippen LogP contribution < -0.4 is 0 Å². The van der Waals surface area contributed by atoms with Crippen molar-refractivity contribution in [2.24, 2.45) is 0 Å². The minimum absolute atomic E-state index is 0.0267. The van der Waals surface area contributed by atoms with E-state index in [4.69, 9.17) is 4.74 Å². The van der Waals surface area contributed by atoms with Crippen LogP contribution in [0.5, 0.6) is 0 Å². The number of nitrogens with zero attached hydrogens (tertiary/aromatic N) is 1. The van der Waals surface area contributed by atoms with Crippen molar-refractivity contribution >= 4 is 17.9 Å². The van der Waals surface area contributed by atoms with Crippen molar-refractivity contribution in [1.82, 2.24) is 4.90 Å². The van der Waals surface area contributed by atoms with E-state index < -0.39 is 17.9 Å². The molecule has 0 heterocycles. The fourth-order valence-electron chi connectivity index (χ4n) is 3.42. The summed E-state index contributed by atoms with van der Waals surface area (Å²) in [6, 6.07) is 18.2. The molecule has 0 atom stereocenters. The van der Waals surface area contributed by atoms with Gasteiger partial charge in [0.25, 0.3) is 0 Å². The van der Waals surface area contributed by atoms with Gasteiger partial charge in [-0.1, -0.05) is 67.1 Å². The van der Waals surface area contributed by atoms with Gasteiger partial charge < -0.3 is 4.74 Å². The zero-order valence-corrected chi connectivity index (χ0v) is 15.9. The Hall–Kier alpha value is -2.95. The highest BCUT2D eigenvalue weighted by Crippen LogP contribution is 2.21. The second-order valence-electron chi connectivity index (χ2n) is 7.09. The lowest BCUT2D eigenvalue weighted by Gasteiger charge is -2.25. The van der Waals surface area contributed by atoms with Gasteiger partial charge in [-0.2, -0.15) is 4.90 Å². The third-order valence-corrected chi connectivity index (χ3v) is 4.90. The first-order valence-electron chi connectivity index (χ1n) is 9.78. The number of imide groups is 3. The molecule has 5 heteroatoms. The van der Waals surface area contributed by atoms with E-state index in [0.717, 1.165) is 43.2 Å². The second-order valence-corrected chi connectivity index (χ2v) is 7.09. The standard InChI is InChI=1S/C23H25NO4/c25-21(16-18-10-4-1-5-11-18)24(22(26)17-19-12-6-2-7-13-19)23(27)28-20-14-8-3-9-15-20/h1-2,4-7,10-13,20H,3,8-9,14-17H2. The van der Waals surface area contributed by atoms with Crippen LogP contribution >= 0.6 is 0 Å². The molecule has 0 aromatic heterocycles. The fourth-order valence-corrected chi connectivity index (χ4v) is 3.42. The summed E-state index contributed by atoms with van der Waals surface area (Å²) in [5.74, 6) is -1.12. The van der Waals surface area contributed by atoms with Crippen molar-refractivity contribution in [3.8, 4) is 0 Å². The molecule has 0 N–H and O–H groups in total. The summed E-state index contributed by atoms with van der Waals surface area (Å²) >= 11 is 0. The van der Waals surface area contributed by atoms with Gasteiger partial charge in [-0.15, -0.1) is 0 Å². The lowest BCUT2D eigenvalue weighted by Crippen LogP contribution is -2.45. The molecule has 1 fully saturated rings. The molecule has 0 saturated heterocycles. The van der Waals surface area contributed by atoms with E-state index in [-0.39, 0.29) is 18.9 Å². The normalized spacial score (nSPS) is 14.3. The largest absolute Gasteiger partial charge is 0.445 e. The second kappa shape index (κ2) is 9.83. The van der Waals surface area contributed by atoms with Crippen LogP contribution in [0.1, 0.15) is 43.2 Å². The van der Waals surface area contributed by atoms with Crippen LogP contribution in [0.25, 0.3) is 0 Å². The Balaban J connectivity index is 1.74.